The van der Waals surface area contributed by atoms with Crippen LogP contribution in [0.15, 0.2) is 22.8 Å². The van der Waals surface area contributed by atoms with Gasteiger partial charge in [-0.3, -0.25) is 4.79 Å². The summed E-state index contributed by atoms with van der Waals surface area (Å²) in [6.07, 6.45) is 2.64. The van der Waals surface area contributed by atoms with Crippen LogP contribution in [-0.4, -0.2) is 34.3 Å². The lowest BCUT2D eigenvalue weighted by Crippen LogP contribution is -2.39. The summed E-state index contributed by atoms with van der Waals surface area (Å²) in [4.78, 5) is 18.3. The number of carbonyl (C=O) groups excluding carboxylic acids is 1. The van der Waals surface area contributed by atoms with E-state index in [1.54, 1.807) is 12.3 Å². The first-order chi connectivity index (χ1) is 8.15. The van der Waals surface area contributed by atoms with Crippen LogP contribution in [0.4, 0.5) is 0 Å². The maximum atomic E-state index is 12.4. The lowest BCUT2D eigenvalue weighted by Gasteiger charge is -2.25. The number of pyridine rings is 1. The number of likely N-dealkylation sites (tertiary alicyclic amines) is 1. The largest absolute Gasteiger partial charge is 0.333 e. The summed E-state index contributed by atoms with van der Waals surface area (Å²) in [5.74, 6) is 0.906. The van der Waals surface area contributed by atoms with Gasteiger partial charge in [0.1, 0.15) is 5.69 Å². The van der Waals surface area contributed by atoms with Crippen LogP contribution in [-0.2, 0) is 0 Å². The number of nitrogens with zero attached hydrogens (tertiary/aromatic N) is 2. The van der Waals surface area contributed by atoms with Gasteiger partial charge in [0.15, 0.2) is 0 Å². The van der Waals surface area contributed by atoms with E-state index in [9.17, 15) is 4.79 Å². The number of amides is 1. The third-order valence-electron chi connectivity index (χ3n) is 3.26. The summed E-state index contributed by atoms with van der Waals surface area (Å²) in [5, 5.41) is 0. The molecule has 17 heavy (non-hydrogen) atoms. The molecule has 0 spiro atoms. The fourth-order valence-electron chi connectivity index (χ4n) is 2.17. The Kier molecular flexibility index (Phi) is 4.05. The SMILES string of the molecule is CC1CCN(C(=O)c2ncccc2Br)C1CCl. The molecule has 0 bridgehead atoms. The van der Waals surface area contributed by atoms with Gasteiger partial charge in [-0.1, -0.05) is 6.92 Å². The topological polar surface area (TPSA) is 33.2 Å². The minimum atomic E-state index is -0.0347. The molecule has 1 fully saturated rings. The summed E-state index contributed by atoms with van der Waals surface area (Å²) < 4.78 is 0.734. The molecule has 0 aliphatic carbocycles. The van der Waals surface area contributed by atoms with Crippen LogP contribution >= 0.6 is 27.5 Å². The zero-order valence-electron chi connectivity index (χ0n) is 9.57. The maximum Gasteiger partial charge on any atom is 0.273 e. The van der Waals surface area contributed by atoms with E-state index in [2.05, 4.69) is 27.8 Å². The van der Waals surface area contributed by atoms with Gasteiger partial charge in [0.2, 0.25) is 0 Å². The number of rotatable bonds is 2. The fourth-order valence-corrected chi connectivity index (χ4v) is 3.07. The Morgan fingerprint density at radius 3 is 3.12 bits per heavy atom. The second-order valence-corrected chi connectivity index (χ2v) is 5.48. The average molecular weight is 318 g/mol. The number of halogens is 2. The highest BCUT2D eigenvalue weighted by Gasteiger charge is 2.35. The molecule has 2 unspecified atom stereocenters. The molecule has 1 aliphatic rings. The van der Waals surface area contributed by atoms with Crippen LogP contribution in [0.2, 0.25) is 0 Å². The monoisotopic (exact) mass is 316 g/mol. The number of alkyl halides is 1. The molecule has 0 N–H and O–H groups in total. The van der Waals surface area contributed by atoms with Gasteiger partial charge in [-0.2, -0.15) is 0 Å². The number of hydrogen-bond donors (Lipinski definition) is 0. The first kappa shape index (κ1) is 12.8. The Labute approximate surface area is 114 Å². The lowest BCUT2D eigenvalue weighted by molar-refractivity contribution is 0.0730. The van der Waals surface area contributed by atoms with Crippen molar-refractivity contribution in [2.45, 2.75) is 19.4 Å². The van der Waals surface area contributed by atoms with E-state index in [1.807, 2.05) is 11.0 Å². The Hall–Kier alpha value is -0.610. The molecule has 0 aromatic carbocycles. The molecule has 92 valence electrons. The first-order valence-corrected chi connectivity index (χ1v) is 6.95. The number of aromatic nitrogens is 1. The predicted molar refractivity (Wildman–Crippen MR) is 71.3 cm³/mol. The van der Waals surface area contributed by atoms with Gasteiger partial charge in [-0.05, 0) is 40.4 Å². The molecule has 0 radical (unpaired) electrons. The van der Waals surface area contributed by atoms with Gasteiger partial charge in [0.05, 0.1) is 0 Å². The van der Waals surface area contributed by atoms with Crippen LogP contribution < -0.4 is 0 Å². The molecule has 2 rings (SSSR count). The molecule has 1 saturated heterocycles. The van der Waals surface area contributed by atoms with Gasteiger partial charge in [0.25, 0.3) is 5.91 Å². The molecular formula is C12H14BrClN2O. The Morgan fingerprint density at radius 2 is 2.47 bits per heavy atom. The van der Waals surface area contributed by atoms with Gasteiger partial charge < -0.3 is 4.90 Å². The van der Waals surface area contributed by atoms with E-state index in [1.165, 1.54) is 0 Å². The molecule has 5 heteroatoms. The molecule has 1 aromatic rings. The second-order valence-electron chi connectivity index (χ2n) is 4.32. The highest BCUT2D eigenvalue weighted by Crippen LogP contribution is 2.27. The summed E-state index contributed by atoms with van der Waals surface area (Å²) in [6, 6.07) is 3.75. The smallest absolute Gasteiger partial charge is 0.273 e. The lowest BCUT2D eigenvalue weighted by atomic mass is 10.1. The summed E-state index contributed by atoms with van der Waals surface area (Å²) in [7, 11) is 0. The van der Waals surface area contributed by atoms with Crippen molar-refractivity contribution in [2.24, 2.45) is 5.92 Å². The zero-order chi connectivity index (χ0) is 12.4. The van der Waals surface area contributed by atoms with Gasteiger partial charge >= 0.3 is 0 Å². The van der Waals surface area contributed by atoms with Gasteiger partial charge in [-0.25, -0.2) is 4.98 Å². The van der Waals surface area contributed by atoms with Crippen LogP contribution in [0.3, 0.4) is 0 Å². The molecule has 3 nitrogen and oxygen atoms in total. The number of hydrogen-bond acceptors (Lipinski definition) is 2. The van der Waals surface area contributed by atoms with E-state index in [0.29, 0.717) is 17.5 Å². The summed E-state index contributed by atoms with van der Waals surface area (Å²) >= 11 is 9.30. The van der Waals surface area contributed by atoms with Gasteiger partial charge in [0, 0.05) is 29.1 Å². The van der Waals surface area contributed by atoms with E-state index in [4.69, 9.17) is 11.6 Å². The van der Waals surface area contributed by atoms with E-state index >= 15 is 0 Å². The van der Waals surface area contributed by atoms with Crippen molar-refractivity contribution in [2.75, 3.05) is 12.4 Å². The van der Waals surface area contributed by atoms with E-state index < -0.39 is 0 Å². The van der Waals surface area contributed by atoms with Crippen molar-refractivity contribution in [3.8, 4) is 0 Å². The van der Waals surface area contributed by atoms with Crippen molar-refractivity contribution in [1.82, 2.24) is 9.88 Å². The average Bonchev–Trinajstić information content (AvgIpc) is 2.70. The maximum absolute atomic E-state index is 12.4. The van der Waals surface area contributed by atoms with Crippen molar-refractivity contribution in [1.29, 1.82) is 0 Å². The van der Waals surface area contributed by atoms with Crippen LogP contribution in [0.5, 0.6) is 0 Å². The minimum Gasteiger partial charge on any atom is -0.333 e. The van der Waals surface area contributed by atoms with Crippen LogP contribution in [0.1, 0.15) is 23.8 Å². The minimum absolute atomic E-state index is 0.0347. The molecule has 1 aliphatic heterocycles. The van der Waals surface area contributed by atoms with Crippen molar-refractivity contribution >= 4 is 33.4 Å². The number of carbonyl (C=O) groups is 1. The Bertz CT molecular complexity index is 427. The molecule has 1 aromatic heterocycles. The first-order valence-electron chi connectivity index (χ1n) is 5.62. The zero-order valence-corrected chi connectivity index (χ0v) is 11.9. The summed E-state index contributed by atoms with van der Waals surface area (Å²) in [5.41, 5.74) is 0.469. The highest BCUT2D eigenvalue weighted by molar-refractivity contribution is 9.10. The fraction of sp³-hybridized carbons (Fsp3) is 0.500. The van der Waals surface area contributed by atoms with Gasteiger partial charge in [-0.15, -0.1) is 11.6 Å². The molecule has 1 amide bonds. The van der Waals surface area contributed by atoms with Crippen molar-refractivity contribution in [3.05, 3.63) is 28.5 Å². The third-order valence-corrected chi connectivity index (χ3v) is 4.22. The Balaban J connectivity index is 2.24. The second kappa shape index (κ2) is 5.36. The van der Waals surface area contributed by atoms with Crippen molar-refractivity contribution in [3.63, 3.8) is 0 Å². The van der Waals surface area contributed by atoms with Crippen molar-refractivity contribution < 1.29 is 4.79 Å². The predicted octanol–water partition coefficient (Wildman–Crippen LogP) is 2.93. The van der Waals surface area contributed by atoms with Crippen LogP contribution in [0, 0.1) is 5.92 Å². The molecular weight excluding hydrogens is 304 g/mol. The van der Waals surface area contributed by atoms with E-state index in [0.717, 1.165) is 17.4 Å². The highest BCUT2D eigenvalue weighted by atomic mass is 79.9. The standard InChI is InChI=1S/C12H14BrClN2O/c1-8-4-6-16(10(8)7-14)12(17)11-9(13)3-2-5-15-11/h2-3,5,8,10H,4,6-7H2,1H3. The Morgan fingerprint density at radius 1 is 1.71 bits per heavy atom. The quantitative estimate of drug-likeness (QED) is 0.786. The molecule has 2 atom stereocenters. The van der Waals surface area contributed by atoms with E-state index in [-0.39, 0.29) is 11.9 Å². The molecule has 0 saturated carbocycles. The third kappa shape index (κ3) is 2.47. The normalized spacial score (nSPS) is 24.1. The molecule has 2 heterocycles. The summed E-state index contributed by atoms with van der Waals surface area (Å²) in [6.45, 7) is 2.90. The van der Waals surface area contributed by atoms with Crippen LogP contribution in [0.25, 0.3) is 0 Å².